The van der Waals surface area contributed by atoms with Gasteiger partial charge in [-0.25, -0.2) is 0 Å². The Morgan fingerprint density at radius 3 is 2.42 bits per heavy atom. The molecule has 1 aromatic rings. The van der Waals surface area contributed by atoms with Crippen molar-refractivity contribution in [2.75, 3.05) is 0 Å². The fourth-order valence-electron chi connectivity index (χ4n) is 0.733. The molecule has 0 aromatic carbocycles. The van der Waals surface area contributed by atoms with Gasteiger partial charge in [-0.15, -0.1) is 24.8 Å². The largest absolute Gasteiger partial charge is 0.323 e. The average molecular weight is 274 g/mol. The van der Waals surface area contributed by atoms with Gasteiger partial charge in [-0.1, -0.05) is 0 Å². The van der Waals surface area contributed by atoms with Crippen molar-refractivity contribution < 1.29 is 0 Å². The molecule has 0 saturated carbocycles. The van der Waals surface area contributed by atoms with Gasteiger partial charge in [0.25, 0.3) is 0 Å². The molecule has 0 amide bonds. The van der Waals surface area contributed by atoms with E-state index in [4.69, 9.17) is 5.73 Å². The predicted octanol–water partition coefficient (Wildman–Crippen LogP) is 2.71. The number of aromatic nitrogens is 1. The molecule has 1 atom stereocenters. The predicted molar refractivity (Wildman–Crippen MR) is 59.0 cm³/mol. The Balaban J connectivity index is 0. The average Bonchev–Trinajstić information content (AvgIpc) is 1.88. The number of nitrogens with zero attached hydrogens (tertiary/aromatic N) is 1. The van der Waals surface area contributed by atoms with Crippen LogP contribution in [0.25, 0.3) is 0 Å². The number of halogens is 3. The van der Waals surface area contributed by atoms with E-state index in [2.05, 4.69) is 20.9 Å². The van der Waals surface area contributed by atoms with Crippen LogP contribution in [0.5, 0.6) is 0 Å². The number of hydrogen-bond donors (Lipinski definition) is 1. The first kappa shape index (κ1) is 14.7. The maximum Gasteiger partial charge on any atom is 0.0709 e. The molecule has 0 aliphatic heterocycles. The number of hydrogen-bond acceptors (Lipinski definition) is 2. The number of pyridine rings is 1. The van der Waals surface area contributed by atoms with Gasteiger partial charge < -0.3 is 5.73 Å². The lowest BCUT2D eigenvalue weighted by molar-refractivity contribution is 0.775. The zero-order chi connectivity index (χ0) is 7.56. The van der Waals surface area contributed by atoms with Crippen LogP contribution in [0, 0.1) is 0 Å². The summed E-state index contributed by atoms with van der Waals surface area (Å²) in [6, 6.07) is 3.80. The third-order valence-electron chi connectivity index (χ3n) is 1.22. The SMILES string of the molecule is CC(N)c1ncccc1Br.Cl.Cl. The van der Waals surface area contributed by atoms with Crippen LogP contribution in [0.1, 0.15) is 18.7 Å². The summed E-state index contributed by atoms with van der Waals surface area (Å²) in [7, 11) is 0. The summed E-state index contributed by atoms with van der Waals surface area (Å²) in [6.45, 7) is 1.91. The van der Waals surface area contributed by atoms with Gasteiger partial charge in [0.05, 0.1) is 5.69 Å². The van der Waals surface area contributed by atoms with Crippen LogP contribution < -0.4 is 5.73 Å². The highest BCUT2D eigenvalue weighted by Gasteiger charge is 2.03. The van der Waals surface area contributed by atoms with E-state index >= 15 is 0 Å². The molecule has 1 unspecified atom stereocenters. The van der Waals surface area contributed by atoms with Crippen LogP contribution in [0.4, 0.5) is 0 Å². The van der Waals surface area contributed by atoms with Gasteiger partial charge in [-0.05, 0) is 35.0 Å². The van der Waals surface area contributed by atoms with E-state index in [0.29, 0.717) is 0 Å². The second kappa shape index (κ2) is 6.66. The lowest BCUT2D eigenvalue weighted by atomic mass is 10.2. The fraction of sp³-hybridized carbons (Fsp3) is 0.286. The standard InChI is InChI=1S/C7H9BrN2.2ClH/c1-5(9)7-6(8)3-2-4-10-7;;/h2-5H,9H2,1H3;2*1H. The van der Waals surface area contributed by atoms with E-state index in [0.717, 1.165) is 10.2 Å². The Hall–Kier alpha value is 0.170. The molecule has 12 heavy (non-hydrogen) atoms. The highest BCUT2D eigenvalue weighted by molar-refractivity contribution is 9.10. The molecule has 0 aliphatic carbocycles. The van der Waals surface area contributed by atoms with Crippen LogP contribution in [-0.4, -0.2) is 4.98 Å². The van der Waals surface area contributed by atoms with Gasteiger partial charge in [-0.3, -0.25) is 4.98 Å². The fourth-order valence-corrected chi connectivity index (χ4v) is 1.35. The van der Waals surface area contributed by atoms with Crippen molar-refractivity contribution in [3.05, 3.63) is 28.5 Å². The van der Waals surface area contributed by atoms with Crippen molar-refractivity contribution in [2.24, 2.45) is 5.73 Å². The Kier molecular flexibility index (Phi) is 8.15. The van der Waals surface area contributed by atoms with E-state index < -0.39 is 0 Å². The van der Waals surface area contributed by atoms with Crippen molar-refractivity contribution in [1.82, 2.24) is 4.98 Å². The summed E-state index contributed by atoms with van der Waals surface area (Å²) in [5, 5.41) is 0. The lowest BCUT2D eigenvalue weighted by Gasteiger charge is -2.04. The van der Waals surface area contributed by atoms with E-state index in [1.807, 2.05) is 19.1 Å². The monoisotopic (exact) mass is 272 g/mol. The maximum absolute atomic E-state index is 5.62. The second-order valence-electron chi connectivity index (χ2n) is 2.16. The molecular weight excluding hydrogens is 263 g/mol. The zero-order valence-corrected chi connectivity index (χ0v) is 9.75. The Bertz CT molecular complexity index is 230. The molecule has 2 nitrogen and oxygen atoms in total. The molecule has 0 bridgehead atoms. The first-order valence-corrected chi connectivity index (χ1v) is 3.87. The highest BCUT2D eigenvalue weighted by Crippen LogP contribution is 2.17. The summed E-state index contributed by atoms with van der Waals surface area (Å²) >= 11 is 3.35. The first-order chi connectivity index (χ1) is 4.72. The molecule has 0 saturated heterocycles. The minimum absolute atomic E-state index is 0. The Morgan fingerprint density at radius 2 is 2.08 bits per heavy atom. The van der Waals surface area contributed by atoms with Gasteiger partial charge in [0.15, 0.2) is 0 Å². The van der Waals surface area contributed by atoms with Crippen LogP contribution in [0.2, 0.25) is 0 Å². The molecule has 0 aliphatic rings. The number of rotatable bonds is 1. The quantitative estimate of drug-likeness (QED) is 0.855. The minimum Gasteiger partial charge on any atom is -0.323 e. The smallest absolute Gasteiger partial charge is 0.0709 e. The molecule has 5 heteroatoms. The molecular formula is C7H11BrCl2N2. The van der Waals surface area contributed by atoms with Gasteiger partial charge >= 0.3 is 0 Å². The van der Waals surface area contributed by atoms with Crippen molar-refractivity contribution >= 4 is 40.7 Å². The van der Waals surface area contributed by atoms with E-state index in [9.17, 15) is 0 Å². The van der Waals surface area contributed by atoms with Crippen LogP contribution >= 0.6 is 40.7 Å². The molecule has 0 spiro atoms. The molecule has 0 fully saturated rings. The molecule has 2 N–H and O–H groups in total. The third kappa shape index (κ3) is 3.72. The lowest BCUT2D eigenvalue weighted by Crippen LogP contribution is -2.07. The normalized spacial score (nSPS) is 10.9. The second-order valence-corrected chi connectivity index (χ2v) is 3.01. The van der Waals surface area contributed by atoms with Gasteiger partial charge in [0, 0.05) is 16.7 Å². The van der Waals surface area contributed by atoms with E-state index in [-0.39, 0.29) is 30.9 Å². The van der Waals surface area contributed by atoms with Crippen molar-refractivity contribution in [3.8, 4) is 0 Å². The summed E-state index contributed by atoms with van der Waals surface area (Å²) < 4.78 is 0.977. The Labute approximate surface area is 92.9 Å². The summed E-state index contributed by atoms with van der Waals surface area (Å²) in [4.78, 5) is 4.11. The number of nitrogens with two attached hydrogens (primary N) is 1. The van der Waals surface area contributed by atoms with Crippen molar-refractivity contribution in [1.29, 1.82) is 0 Å². The van der Waals surface area contributed by atoms with Gasteiger partial charge in [-0.2, -0.15) is 0 Å². The highest BCUT2D eigenvalue weighted by atomic mass is 79.9. The topological polar surface area (TPSA) is 38.9 Å². The molecule has 70 valence electrons. The Morgan fingerprint density at radius 1 is 1.50 bits per heavy atom. The van der Waals surface area contributed by atoms with Crippen LogP contribution in [0.15, 0.2) is 22.8 Å². The molecule has 1 heterocycles. The van der Waals surface area contributed by atoms with Crippen molar-refractivity contribution in [2.45, 2.75) is 13.0 Å². The summed E-state index contributed by atoms with van der Waals surface area (Å²) in [5.41, 5.74) is 6.53. The van der Waals surface area contributed by atoms with Crippen LogP contribution in [0.3, 0.4) is 0 Å². The zero-order valence-electron chi connectivity index (χ0n) is 6.53. The van der Waals surface area contributed by atoms with E-state index in [1.165, 1.54) is 0 Å². The van der Waals surface area contributed by atoms with Crippen molar-refractivity contribution in [3.63, 3.8) is 0 Å². The first-order valence-electron chi connectivity index (χ1n) is 3.08. The maximum atomic E-state index is 5.62. The molecule has 1 rings (SSSR count). The molecule has 0 radical (unpaired) electrons. The van der Waals surface area contributed by atoms with E-state index in [1.54, 1.807) is 6.20 Å². The van der Waals surface area contributed by atoms with Crippen LogP contribution in [-0.2, 0) is 0 Å². The minimum atomic E-state index is -0.00410. The molecule has 1 aromatic heterocycles. The van der Waals surface area contributed by atoms with Gasteiger partial charge in [0.2, 0.25) is 0 Å². The summed E-state index contributed by atoms with van der Waals surface area (Å²) in [5.74, 6) is 0. The third-order valence-corrected chi connectivity index (χ3v) is 1.89. The van der Waals surface area contributed by atoms with Gasteiger partial charge in [0.1, 0.15) is 0 Å². The summed E-state index contributed by atoms with van der Waals surface area (Å²) in [6.07, 6.45) is 1.74.